The Balaban J connectivity index is 2.59. The van der Waals surface area contributed by atoms with E-state index in [0.29, 0.717) is 0 Å². The SMILES string of the molecule is Cc1cc2cccc3c2n1CC3. The molecule has 0 atom stereocenters. The van der Waals surface area contributed by atoms with Crippen molar-refractivity contribution in [1.82, 2.24) is 4.57 Å². The Kier molecular flexibility index (Phi) is 1.01. The van der Waals surface area contributed by atoms with Gasteiger partial charge >= 0.3 is 0 Å². The number of aryl methyl sites for hydroxylation is 3. The summed E-state index contributed by atoms with van der Waals surface area (Å²) in [5.74, 6) is 0. The molecule has 12 heavy (non-hydrogen) atoms. The molecule has 0 saturated heterocycles. The van der Waals surface area contributed by atoms with Crippen LogP contribution in [0.5, 0.6) is 0 Å². The van der Waals surface area contributed by atoms with E-state index in [1.165, 1.54) is 35.1 Å². The van der Waals surface area contributed by atoms with Gasteiger partial charge in [-0.1, -0.05) is 18.2 Å². The molecule has 2 aromatic rings. The maximum atomic E-state index is 2.42. The molecular weight excluding hydrogens is 146 g/mol. The molecule has 1 aliphatic heterocycles. The smallest absolute Gasteiger partial charge is 0.0515 e. The first-order valence-electron chi connectivity index (χ1n) is 4.44. The van der Waals surface area contributed by atoms with Crippen molar-refractivity contribution < 1.29 is 0 Å². The topological polar surface area (TPSA) is 4.93 Å². The minimum Gasteiger partial charge on any atom is -0.344 e. The van der Waals surface area contributed by atoms with Gasteiger partial charge in [0.1, 0.15) is 0 Å². The van der Waals surface area contributed by atoms with Gasteiger partial charge in [-0.3, -0.25) is 0 Å². The zero-order valence-corrected chi connectivity index (χ0v) is 7.17. The lowest BCUT2D eigenvalue weighted by molar-refractivity contribution is 0.748. The minimum atomic E-state index is 1.18. The van der Waals surface area contributed by atoms with E-state index in [0.717, 1.165) is 0 Å². The van der Waals surface area contributed by atoms with Crippen LogP contribution in [0.25, 0.3) is 10.9 Å². The maximum absolute atomic E-state index is 2.42. The Morgan fingerprint density at radius 2 is 2.25 bits per heavy atom. The quantitative estimate of drug-likeness (QED) is 0.553. The van der Waals surface area contributed by atoms with Crippen LogP contribution in [0.4, 0.5) is 0 Å². The van der Waals surface area contributed by atoms with E-state index in [4.69, 9.17) is 0 Å². The van der Waals surface area contributed by atoms with E-state index in [9.17, 15) is 0 Å². The average Bonchev–Trinajstić information content (AvgIpc) is 2.60. The standard InChI is InChI=1S/C11H11N/c1-8-7-10-4-2-3-9-5-6-12(8)11(9)10/h2-4,7H,5-6H2,1H3. The van der Waals surface area contributed by atoms with Gasteiger partial charge in [-0.15, -0.1) is 0 Å². The molecule has 3 rings (SSSR count). The second-order valence-electron chi connectivity index (χ2n) is 3.54. The van der Waals surface area contributed by atoms with Gasteiger partial charge in [0, 0.05) is 17.6 Å². The molecule has 0 radical (unpaired) electrons. The molecule has 2 heterocycles. The molecule has 1 heteroatoms. The van der Waals surface area contributed by atoms with Crippen molar-refractivity contribution in [2.24, 2.45) is 0 Å². The van der Waals surface area contributed by atoms with E-state index in [-0.39, 0.29) is 0 Å². The maximum Gasteiger partial charge on any atom is 0.0515 e. The molecular formula is C11H11N. The van der Waals surface area contributed by atoms with Crippen molar-refractivity contribution in [2.75, 3.05) is 0 Å². The summed E-state index contributed by atoms with van der Waals surface area (Å²) in [7, 11) is 0. The van der Waals surface area contributed by atoms with Crippen LogP contribution in [0.1, 0.15) is 11.3 Å². The van der Waals surface area contributed by atoms with Crippen LogP contribution in [0, 0.1) is 6.92 Å². The van der Waals surface area contributed by atoms with Gasteiger partial charge in [0.25, 0.3) is 0 Å². The molecule has 1 aliphatic rings. The number of benzene rings is 1. The Bertz CT molecular complexity index is 451. The second-order valence-corrected chi connectivity index (χ2v) is 3.54. The Labute approximate surface area is 71.6 Å². The van der Waals surface area contributed by atoms with E-state index < -0.39 is 0 Å². The molecule has 0 N–H and O–H groups in total. The molecule has 1 aromatic heterocycles. The fraction of sp³-hybridized carbons (Fsp3) is 0.273. The highest BCUT2D eigenvalue weighted by molar-refractivity contribution is 5.85. The fourth-order valence-electron chi connectivity index (χ4n) is 2.26. The van der Waals surface area contributed by atoms with Crippen LogP contribution in [0.2, 0.25) is 0 Å². The molecule has 1 nitrogen and oxygen atoms in total. The summed E-state index contributed by atoms with van der Waals surface area (Å²) in [4.78, 5) is 0. The summed E-state index contributed by atoms with van der Waals surface area (Å²) in [5.41, 5.74) is 4.38. The summed E-state index contributed by atoms with van der Waals surface area (Å²) >= 11 is 0. The van der Waals surface area contributed by atoms with Crippen molar-refractivity contribution in [2.45, 2.75) is 19.9 Å². The number of hydrogen-bond donors (Lipinski definition) is 0. The molecule has 0 saturated carbocycles. The largest absolute Gasteiger partial charge is 0.344 e. The van der Waals surface area contributed by atoms with Gasteiger partial charge in [0.15, 0.2) is 0 Å². The number of para-hydroxylation sites is 1. The third-order valence-corrected chi connectivity index (χ3v) is 2.82. The van der Waals surface area contributed by atoms with Crippen LogP contribution in [-0.4, -0.2) is 4.57 Å². The lowest BCUT2D eigenvalue weighted by Crippen LogP contribution is -1.92. The predicted octanol–water partition coefficient (Wildman–Crippen LogP) is 2.51. The van der Waals surface area contributed by atoms with E-state index in [1.54, 1.807) is 0 Å². The number of rotatable bonds is 0. The van der Waals surface area contributed by atoms with Crippen LogP contribution in [0.3, 0.4) is 0 Å². The molecule has 0 amide bonds. The number of hydrogen-bond acceptors (Lipinski definition) is 0. The third kappa shape index (κ3) is 0.596. The summed E-state index contributed by atoms with van der Waals surface area (Å²) in [6.45, 7) is 3.36. The first-order valence-corrected chi connectivity index (χ1v) is 4.44. The second kappa shape index (κ2) is 1.92. The highest BCUT2D eigenvalue weighted by Crippen LogP contribution is 2.28. The van der Waals surface area contributed by atoms with Crippen LogP contribution < -0.4 is 0 Å². The van der Waals surface area contributed by atoms with Gasteiger partial charge in [0.2, 0.25) is 0 Å². The molecule has 0 bridgehead atoms. The van der Waals surface area contributed by atoms with Crippen LogP contribution in [-0.2, 0) is 13.0 Å². The molecule has 0 unspecified atom stereocenters. The van der Waals surface area contributed by atoms with Crippen molar-refractivity contribution >= 4 is 10.9 Å². The summed E-state index contributed by atoms with van der Waals surface area (Å²) < 4.78 is 2.42. The molecule has 0 fully saturated rings. The van der Waals surface area contributed by atoms with E-state index in [1.807, 2.05) is 0 Å². The van der Waals surface area contributed by atoms with Crippen molar-refractivity contribution in [3.63, 3.8) is 0 Å². The fourth-order valence-corrected chi connectivity index (χ4v) is 2.26. The highest BCUT2D eigenvalue weighted by Gasteiger charge is 2.14. The third-order valence-electron chi connectivity index (χ3n) is 2.82. The predicted molar refractivity (Wildman–Crippen MR) is 50.4 cm³/mol. The van der Waals surface area contributed by atoms with Gasteiger partial charge < -0.3 is 4.57 Å². The zero-order valence-electron chi connectivity index (χ0n) is 7.17. The normalized spacial score (nSPS) is 14.4. The van der Waals surface area contributed by atoms with Gasteiger partial charge in [-0.25, -0.2) is 0 Å². The highest BCUT2D eigenvalue weighted by atomic mass is 15.0. The molecule has 60 valence electrons. The molecule has 0 spiro atoms. The monoisotopic (exact) mass is 157 g/mol. The lowest BCUT2D eigenvalue weighted by Gasteiger charge is -1.96. The summed E-state index contributed by atoms with van der Waals surface area (Å²) in [6.07, 6.45) is 1.22. The van der Waals surface area contributed by atoms with Crippen molar-refractivity contribution in [1.29, 1.82) is 0 Å². The summed E-state index contributed by atoms with van der Waals surface area (Å²) in [6, 6.07) is 8.88. The zero-order chi connectivity index (χ0) is 8.13. The van der Waals surface area contributed by atoms with Crippen molar-refractivity contribution in [3.05, 3.63) is 35.5 Å². The van der Waals surface area contributed by atoms with Crippen molar-refractivity contribution in [3.8, 4) is 0 Å². The van der Waals surface area contributed by atoms with E-state index >= 15 is 0 Å². The first-order chi connectivity index (χ1) is 5.86. The van der Waals surface area contributed by atoms with Crippen LogP contribution in [0.15, 0.2) is 24.3 Å². The first kappa shape index (κ1) is 6.30. The van der Waals surface area contributed by atoms with Gasteiger partial charge in [0.05, 0.1) is 5.52 Å². The Hall–Kier alpha value is -1.24. The molecule has 0 aliphatic carbocycles. The summed E-state index contributed by atoms with van der Waals surface area (Å²) in [5, 5.41) is 1.41. The lowest BCUT2D eigenvalue weighted by atomic mass is 10.1. The Morgan fingerprint density at radius 1 is 1.33 bits per heavy atom. The Morgan fingerprint density at radius 3 is 3.17 bits per heavy atom. The number of aromatic nitrogens is 1. The van der Waals surface area contributed by atoms with Gasteiger partial charge in [-0.05, 0) is 25.0 Å². The molecule has 1 aromatic carbocycles. The van der Waals surface area contributed by atoms with Crippen LogP contribution >= 0.6 is 0 Å². The minimum absolute atomic E-state index is 1.18. The average molecular weight is 157 g/mol. The number of nitrogens with zero attached hydrogens (tertiary/aromatic N) is 1. The van der Waals surface area contributed by atoms with Gasteiger partial charge in [-0.2, -0.15) is 0 Å². The van der Waals surface area contributed by atoms with E-state index in [2.05, 4.69) is 35.8 Å².